The molecule has 2 aliphatic carbocycles. The Morgan fingerprint density at radius 2 is 2.00 bits per heavy atom. The lowest BCUT2D eigenvalue weighted by Gasteiger charge is -2.38. The lowest BCUT2D eigenvalue weighted by Crippen LogP contribution is -2.38. The molecule has 0 aromatic carbocycles. The van der Waals surface area contributed by atoms with Gasteiger partial charge in [0.05, 0.1) is 0 Å². The van der Waals surface area contributed by atoms with Crippen molar-refractivity contribution in [3.8, 4) is 0 Å². The third-order valence-electron chi connectivity index (χ3n) is 5.31. The summed E-state index contributed by atoms with van der Waals surface area (Å²) < 4.78 is 5.61. The first-order chi connectivity index (χ1) is 7.29. The molecule has 0 aromatic rings. The third-order valence-corrected chi connectivity index (χ3v) is 5.31. The van der Waals surface area contributed by atoms with Crippen LogP contribution >= 0.6 is 0 Å². The van der Waals surface area contributed by atoms with E-state index in [1.807, 2.05) is 0 Å². The Morgan fingerprint density at radius 3 is 2.38 bits per heavy atom. The van der Waals surface area contributed by atoms with Gasteiger partial charge in [-0.2, -0.15) is 0 Å². The Morgan fingerprint density at radius 1 is 1.38 bits per heavy atom. The minimum absolute atomic E-state index is 0.0884. The van der Waals surface area contributed by atoms with Gasteiger partial charge in [-0.1, -0.05) is 27.4 Å². The molecule has 3 atom stereocenters. The number of fused-ring (bicyclic) bond motifs is 2. The Kier molecular flexibility index (Phi) is 2.45. The molecule has 0 aromatic heterocycles. The predicted octanol–water partition coefficient (Wildman–Crippen LogP) is 3.32. The van der Waals surface area contributed by atoms with Gasteiger partial charge >= 0.3 is 5.97 Å². The molecule has 0 aliphatic heterocycles. The Labute approximate surface area is 98.1 Å². The van der Waals surface area contributed by atoms with E-state index in [0.717, 1.165) is 6.42 Å². The van der Waals surface area contributed by atoms with Gasteiger partial charge in [-0.05, 0) is 37.5 Å². The lowest BCUT2D eigenvalue weighted by molar-refractivity contribution is -0.151. The van der Waals surface area contributed by atoms with Crippen molar-refractivity contribution < 1.29 is 9.53 Å². The van der Waals surface area contributed by atoms with Crippen LogP contribution in [0.3, 0.4) is 0 Å². The van der Waals surface area contributed by atoms with E-state index in [1.165, 1.54) is 12.8 Å². The topological polar surface area (TPSA) is 26.3 Å². The minimum atomic E-state index is -0.227. The van der Waals surface area contributed by atoms with Crippen LogP contribution in [0.1, 0.15) is 47.0 Å². The first kappa shape index (κ1) is 11.7. The highest BCUT2D eigenvalue weighted by Gasteiger charge is 2.62. The predicted molar refractivity (Wildman–Crippen MR) is 63.9 cm³/mol. The van der Waals surface area contributed by atoms with Crippen LogP contribution in [-0.2, 0) is 9.53 Å². The van der Waals surface area contributed by atoms with Crippen molar-refractivity contribution in [2.24, 2.45) is 16.7 Å². The number of ether oxygens (including phenoxy) is 1. The van der Waals surface area contributed by atoms with E-state index in [9.17, 15) is 4.79 Å². The summed E-state index contributed by atoms with van der Waals surface area (Å²) in [6.45, 7) is 12.3. The Hall–Kier alpha value is -0.790. The van der Waals surface area contributed by atoms with Crippen molar-refractivity contribution in [2.45, 2.75) is 53.1 Å². The van der Waals surface area contributed by atoms with E-state index in [1.54, 1.807) is 6.92 Å². The molecule has 0 radical (unpaired) electrons. The van der Waals surface area contributed by atoms with E-state index in [0.29, 0.717) is 16.9 Å². The molecular formula is C14H22O2. The second-order valence-corrected chi connectivity index (χ2v) is 6.28. The molecule has 0 spiro atoms. The molecule has 0 saturated heterocycles. The zero-order valence-corrected chi connectivity index (χ0v) is 10.8. The molecule has 0 N–H and O–H groups in total. The van der Waals surface area contributed by atoms with Crippen LogP contribution in [-0.4, -0.2) is 12.1 Å². The van der Waals surface area contributed by atoms with Gasteiger partial charge in [-0.25, -0.2) is 4.79 Å². The van der Waals surface area contributed by atoms with Crippen LogP contribution in [0.25, 0.3) is 0 Å². The fourth-order valence-corrected chi connectivity index (χ4v) is 3.54. The average molecular weight is 222 g/mol. The maximum atomic E-state index is 11.6. The summed E-state index contributed by atoms with van der Waals surface area (Å²) in [5.41, 5.74) is 0.958. The summed E-state index contributed by atoms with van der Waals surface area (Å²) in [6, 6.07) is 0. The summed E-state index contributed by atoms with van der Waals surface area (Å²) in [5, 5.41) is 0. The zero-order valence-electron chi connectivity index (χ0n) is 10.8. The van der Waals surface area contributed by atoms with Gasteiger partial charge in [0, 0.05) is 11.0 Å². The normalized spacial score (nSPS) is 39.8. The van der Waals surface area contributed by atoms with Crippen LogP contribution in [0.4, 0.5) is 0 Å². The van der Waals surface area contributed by atoms with Crippen LogP contribution in [0.5, 0.6) is 0 Å². The van der Waals surface area contributed by atoms with E-state index in [2.05, 4.69) is 27.4 Å². The molecule has 2 nitrogen and oxygen atoms in total. The van der Waals surface area contributed by atoms with Crippen molar-refractivity contribution in [3.05, 3.63) is 12.2 Å². The number of hydrogen-bond donors (Lipinski definition) is 0. The van der Waals surface area contributed by atoms with Gasteiger partial charge in [0.15, 0.2) is 0 Å². The number of carbonyl (C=O) groups is 1. The van der Waals surface area contributed by atoms with Crippen molar-refractivity contribution >= 4 is 5.97 Å². The molecule has 2 heteroatoms. The highest BCUT2D eigenvalue weighted by atomic mass is 16.5. The largest absolute Gasteiger partial charge is 0.458 e. The van der Waals surface area contributed by atoms with Crippen molar-refractivity contribution in [1.82, 2.24) is 0 Å². The molecule has 16 heavy (non-hydrogen) atoms. The summed E-state index contributed by atoms with van der Waals surface area (Å²) in [4.78, 5) is 11.6. The van der Waals surface area contributed by atoms with Crippen LogP contribution < -0.4 is 0 Å². The summed E-state index contributed by atoms with van der Waals surface area (Å²) in [7, 11) is 0. The molecule has 2 aliphatic rings. The Balaban J connectivity index is 2.16. The molecule has 90 valence electrons. The first-order valence-electron chi connectivity index (χ1n) is 6.15. The fourth-order valence-electron chi connectivity index (χ4n) is 3.54. The minimum Gasteiger partial charge on any atom is -0.458 e. The quantitative estimate of drug-likeness (QED) is 0.529. The van der Waals surface area contributed by atoms with Crippen LogP contribution in [0.15, 0.2) is 12.2 Å². The van der Waals surface area contributed by atoms with Gasteiger partial charge in [0.25, 0.3) is 0 Å². The SMILES string of the molecule is C=C(C)C(=O)O[C@@H]1C[C@H]2CC[C@@]1(C)C2(C)C. The Bertz CT molecular complexity index is 343. The lowest BCUT2D eigenvalue weighted by atomic mass is 9.70. The second kappa shape index (κ2) is 3.35. The van der Waals surface area contributed by atoms with E-state index in [-0.39, 0.29) is 17.5 Å². The van der Waals surface area contributed by atoms with Crippen LogP contribution in [0, 0.1) is 16.7 Å². The molecule has 0 heterocycles. The maximum absolute atomic E-state index is 11.6. The van der Waals surface area contributed by atoms with E-state index >= 15 is 0 Å². The number of carbonyl (C=O) groups excluding carboxylic acids is 1. The van der Waals surface area contributed by atoms with Crippen molar-refractivity contribution in [1.29, 1.82) is 0 Å². The highest BCUT2D eigenvalue weighted by molar-refractivity contribution is 5.87. The maximum Gasteiger partial charge on any atom is 0.333 e. The van der Waals surface area contributed by atoms with Crippen LogP contribution in [0.2, 0.25) is 0 Å². The molecule has 0 unspecified atom stereocenters. The molecule has 2 saturated carbocycles. The second-order valence-electron chi connectivity index (χ2n) is 6.28. The summed E-state index contributed by atoms with van der Waals surface area (Å²) >= 11 is 0. The first-order valence-corrected chi connectivity index (χ1v) is 6.15. The van der Waals surface area contributed by atoms with Gasteiger partial charge in [-0.15, -0.1) is 0 Å². The van der Waals surface area contributed by atoms with Gasteiger partial charge in [-0.3, -0.25) is 0 Å². The fraction of sp³-hybridized carbons (Fsp3) is 0.786. The summed E-state index contributed by atoms with van der Waals surface area (Å²) in [5.74, 6) is 0.481. The highest BCUT2D eigenvalue weighted by Crippen LogP contribution is 2.66. The average Bonchev–Trinajstić information content (AvgIpc) is 2.50. The number of rotatable bonds is 2. The molecular weight excluding hydrogens is 200 g/mol. The van der Waals surface area contributed by atoms with Crippen molar-refractivity contribution in [2.75, 3.05) is 0 Å². The molecule has 2 bridgehead atoms. The summed E-state index contributed by atoms with van der Waals surface area (Å²) in [6.07, 6.45) is 3.58. The number of hydrogen-bond acceptors (Lipinski definition) is 2. The van der Waals surface area contributed by atoms with Gasteiger partial charge < -0.3 is 4.74 Å². The standard InChI is InChI=1S/C14H22O2/c1-9(2)12(15)16-11-8-10-6-7-14(11,5)13(10,3)4/h10-11H,1,6-8H2,2-5H3/t10-,11-,14-/m1/s1. The van der Waals surface area contributed by atoms with Gasteiger partial charge in [0.2, 0.25) is 0 Å². The van der Waals surface area contributed by atoms with Gasteiger partial charge in [0.1, 0.15) is 6.10 Å². The third kappa shape index (κ3) is 1.35. The molecule has 2 rings (SSSR count). The smallest absolute Gasteiger partial charge is 0.333 e. The molecule has 0 amide bonds. The van der Waals surface area contributed by atoms with E-state index < -0.39 is 0 Å². The number of esters is 1. The molecule has 2 fully saturated rings. The van der Waals surface area contributed by atoms with E-state index in [4.69, 9.17) is 4.74 Å². The van der Waals surface area contributed by atoms with Crippen molar-refractivity contribution in [3.63, 3.8) is 0 Å². The zero-order chi connectivity index (χ0) is 12.1. The monoisotopic (exact) mass is 222 g/mol.